The molecule has 3 aliphatic rings. The number of aromatic nitrogens is 1. The van der Waals surface area contributed by atoms with E-state index in [1.807, 2.05) is 35.4 Å². The lowest BCUT2D eigenvalue weighted by Crippen LogP contribution is -2.59. The molecule has 1 unspecified atom stereocenters. The first-order valence-electron chi connectivity index (χ1n) is 9.80. The molecule has 144 valence electrons. The molecule has 27 heavy (non-hydrogen) atoms. The van der Waals surface area contributed by atoms with E-state index >= 15 is 0 Å². The molecule has 6 heteroatoms. The molecule has 2 saturated heterocycles. The van der Waals surface area contributed by atoms with Gasteiger partial charge in [0.25, 0.3) is 0 Å². The highest BCUT2D eigenvalue weighted by Gasteiger charge is 2.42. The number of carbonyl (C=O) groups excluding carboxylic acids is 1. The molecule has 3 heterocycles. The molecule has 1 aliphatic carbocycles. The van der Waals surface area contributed by atoms with Gasteiger partial charge in [0.05, 0.1) is 0 Å². The van der Waals surface area contributed by atoms with Crippen LogP contribution in [0.3, 0.4) is 0 Å². The van der Waals surface area contributed by atoms with Crippen LogP contribution in [0.1, 0.15) is 38.2 Å². The van der Waals surface area contributed by atoms with Gasteiger partial charge in [0, 0.05) is 36.6 Å². The van der Waals surface area contributed by atoms with Crippen LogP contribution in [-0.2, 0) is 11.2 Å². The van der Waals surface area contributed by atoms with E-state index in [1.54, 1.807) is 6.92 Å². The fraction of sp³-hybridized carbons (Fsp3) is 0.524. The minimum Gasteiger partial charge on any atom is -0.465 e. The molecular formula is C21H27N3O3. The maximum atomic E-state index is 13.5. The number of H-pyrrole nitrogens is 1. The summed E-state index contributed by atoms with van der Waals surface area (Å²) >= 11 is 0. The molecule has 3 N–H and O–H groups in total. The molecule has 1 aromatic carbocycles. The summed E-state index contributed by atoms with van der Waals surface area (Å²) in [5.41, 5.74) is 0.763. The van der Waals surface area contributed by atoms with Crippen LogP contribution in [0.15, 0.2) is 30.5 Å². The van der Waals surface area contributed by atoms with E-state index in [9.17, 15) is 14.7 Å². The van der Waals surface area contributed by atoms with Crippen molar-refractivity contribution in [3.05, 3.63) is 36.0 Å². The van der Waals surface area contributed by atoms with Crippen LogP contribution in [0.5, 0.6) is 0 Å². The summed E-state index contributed by atoms with van der Waals surface area (Å²) in [4.78, 5) is 30.1. The third-order valence-electron chi connectivity index (χ3n) is 6.28. The Morgan fingerprint density at radius 3 is 2.44 bits per heavy atom. The summed E-state index contributed by atoms with van der Waals surface area (Å²) in [7, 11) is 0. The monoisotopic (exact) mass is 369 g/mol. The SMILES string of the molecule is CC(Cc1c[nH]c2ccccc12)(NC(=O)O)C(=O)N1CC2CCC(CC2)C1. The Morgan fingerprint density at radius 2 is 1.81 bits per heavy atom. The number of para-hydroxylation sites is 1. The van der Waals surface area contributed by atoms with Gasteiger partial charge in [-0.1, -0.05) is 18.2 Å². The topological polar surface area (TPSA) is 85.4 Å². The van der Waals surface area contributed by atoms with Crippen molar-refractivity contribution in [3.8, 4) is 0 Å². The second-order valence-electron chi connectivity index (χ2n) is 8.40. The van der Waals surface area contributed by atoms with E-state index in [2.05, 4.69) is 10.3 Å². The van der Waals surface area contributed by atoms with Crippen molar-refractivity contribution in [2.24, 2.45) is 11.8 Å². The Kier molecular flexibility index (Phi) is 4.58. The number of fused-ring (bicyclic) bond motifs is 5. The molecule has 1 atom stereocenters. The molecule has 2 aliphatic heterocycles. The van der Waals surface area contributed by atoms with Crippen molar-refractivity contribution in [2.45, 2.75) is 44.6 Å². The van der Waals surface area contributed by atoms with Crippen molar-refractivity contribution in [1.29, 1.82) is 0 Å². The zero-order valence-corrected chi connectivity index (χ0v) is 15.7. The fourth-order valence-corrected chi connectivity index (χ4v) is 4.88. The average molecular weight is 369 g/mol. The number of hydrogen-bond donors (Lipinski definition) is 3. The van der Waals surface area contributed by atoms with Crippen LogP contribution in [0.2, 0.25) is 0 Å². The van der Waals surface area contributed by atoms with E-state index in [0.717, 1.165) is 29.6 Å². The summed E-state index contributed by atoms with van der Waals surface area (Å²) in [6, 6.07) is 7.89. The summed E-state index contributed by atoms with van der Waals surface area (Å²) in [6.07, 6.45) is 5.77. The van der Waals surface area contributed by atoms with Gasteiger partial charge in [-0.15, -0.1) is 0 Å². The number of nitrogens with zero attached hydrogens (tertiary/aromatic N) is 1. The number of carbonyl (C=O) groups is 2. The molecule has 6 nitrogen and oxygen atoms in total. The highest BCUT2D eigenvalue weighted by molar-refractivity contribution is 5.91. The van der Waals surface area contributed by atoms with Gasteiger partial charge < -0.3 is 20.3 Å². The molecule has 5 rings (SSSR count). The number of benzene rings is 1. The Hall–Kier alpha value is -2.50. The van der Waals surface area contributed by atoms with E-state index in [4.69, 9.17) is 0 Å². The molecule has 0 spiro atoms. The van der Waals surface area contributed by atoms with E-state index in [1.165, 1.54) is 25.7 Å². The zero-order valence-electron chi connectivity index (χ0n) is 15.7. The summed E-state index contributed by atoms with van der Waals surface area (Å²) in [5.74, 6) is 0.999. The lowest BCUT2D eigenvalue weighted by Gasteiger charge is -2.35. The molecule has 2 aromatic rings. The van der Waals surface area contributed by atoms with Gasteiger partial charge in [-0.05, 0) is 56.1 Å². The number of amides is 2. The lowest BCUT2D eigenvalue weighted by molar-refractivity contribution is -0.138. The third kappa shape index (κ3) is 3.53. The molecule has 1 saturated carbocycles. The van der Waals surface area contributed by atoms with E-state index in [0.29, 0.717) is 18.3 Å². The molecule has 2 amide bonds. The molecule has 1 aromatic heterocycles. The van der Waals surface area contributed by atoms with Crippen LogP contribution in [0.4, 0.5) is 4.79 Å². The number of hydrogen-bond acceptors (Lipinski definition) is 2. The van der Waals surface area contributed by atoms with Gasteiger partial charge in [0.2, 0.25) is 5.91 Å². The van der Waals surface area contributed by atoms with Crippen LogP contribution >= 0.6 is 0 Å². The van der Waals surface area contributed by atoms with Crippen LogP contribution in [0, 0.1) is 11.8 Å². The van der Waals surface area contributed by atoms with Gasteiger partial charge >= 0.3 is 6.09 Å². The second-order valence-corrected chi connectivity index (χ2v) is 8.40. The minimum absolute atomic E-state index is 0.103. The zero-order chi connectivity index (χ0) is 19.0. The second kappa shape index (κ2) is 6.91. The summed E-state index contributed by atoms with van der Waals surface area (Å²) in [6.45, 7) is 3.22. The smallest absolute Gasteiger partial charge is 0.405 e. The maximum Gasteiger partial charge on any atom is 0.405 e. The van der Waals surface area contributed by atoms with Crippen LogP contribution in [-0.4, -0.2) is 45.6 Å². The lowest BCUT2D eigenvalue weighted by atomic mass is 9.84. The van der Waals surface area contributed by atoms with Crippen molar-refractivity contribution in [2.75, 3.05) is 13.1 Å². The van der Waals surface area contributed by atoms with Gasteiger partial charge in [0.1, 0.15) is 5.54 Å². The normalized spacial score (nSPS) is 24.4. The first-order chi connectivity index (χ1) is 12.9. The highest BCUT2D eigenvalue weighted by Crippen LogP contribution is 2.35. The first-order valence-corrected chi connectivity index (χ1v) is 9.80. The van der Waals surface area contributed by atoms with Gasteiger partial charge in [-0.3, -0.25) is 4.79 Å². The molecular weight excluding hydrogens is 342 g/mol. The van der Waals surface area contributed by atoms with Gasteiger partial charge in [-0.25, -0.2) is 4.79 Å². The Balaban J connectivity index is 1.63. The maximum absolute atomic E-state index is 13.5. The average Bonchev–Trinajstić information content (AvgIpc) is 2.81. The number of carboxylic acid groups (broad SMARTS) is 1. The minimum atomic E-state index is -1.18. The third-order valence-corrected chi connectivity index (χ3v) is 6.28. The number of aromatic amines is 1. The summed E-state index contributed by atoms with van der Waals surface area (Å²) < 4.78 is 0. The predicted octanol–water partition coefficient (Wildman–Crippen LogP) is 3.39. The largest absolute Gasteiger partial charge is 0.465 e. The van der Waals surface area contributed by atoms with E-state index < -0.39 is 11.6 Å². The highest BCUT2D eigenvalue weighted by atomic mass is 16.4. The molecule has 2 bridgehead atoms. The molecule has 3 fully saturated rings. The Labute approximate surface area is 158 Å². The first kappa shape index (κ1) is 17.9. The Morgan fingerprint density at radius 1 is 1.19 bits per heavy atom. The van der Waals surface area contributed by atoms with Crippen molar-refractivity contribution < 1.29 is 14.7 Å². The van der Waals surface area contributed by atoms with Crippen molar-refractivity contribution >= 4 is 22.9 Å². The van der Waals surface area contributed by atoms with Crippen molar-refractivity contribution in [1.82, 2.24) is 15.2 Å². The van der Waals surface area contributed by atoms with E-state index in [-0.39, 0.29) is 5.91 Å². The van der Waals surface area contributed by atoms with Crippen molar-refractivity contribution in [3.63, 3.8) is 0 Å². The standard InChI is InChI=1S/C21H27N3O3/c1-21(23-20(26)27,10-16-11-22-18-5-3-2-4-17(16)18)19(25)24-12-14-6-7-15(13-24)9-8-14/h2-5,11,14-15,22-23H,6-10,12-13H2,1H3,(H,26,27). The van der Waals surface area contributed by atoms with Crippen LogP contribution in [0.25, 0.3) is 10.9 Å². The fourth-order valence-electron chi connectivity index (χ4n) is 4.88. The predicted molar refractivity (Wildman–Crippen MR) is 104 cm³/mol. The van der Waals surface area contributed by atoms with Gasteiger partial charge in [0.15, 0.2) is 0 Å². The van der Waals surface area contributed by atoms with Crippen LogP contribution < -0.4 is 5.32 Å². The van der Waals surface area contributed by atoms with Gasteiger partial charge in [-0.2, -0.15) is 0 Å². The molecule has 0 radical (unpaired) electrons. The quantitative estimate of drug-likeness (QED) is 0.772. The number of rotatable bonds is 4. The Bertz CT molecular complexity index is 839. The summed E-state index contributed by atoms with van der Waals surface area (Å²) in [5, 5.41) is 13.0. The number of nitrogens with one attached hydrogen (secondary N) is 2.